The summed E-state index contributed by atoms with van der Waals surface area (Å²) in [7, 11) is 1.66. The maximum atomic E-state index is 12.3. The third-order valence-electron chi connectivity index (χ3n) is 3.95. The molecule has 2 amide bonds. The van der Waals surface area contributed by atoms with E-state index in [1.54, 1.807) is 7.11 Å². The van der Waals surface area contributed by atoms with Gasteiger partial charge in [0.2, 0.25) is 0 Å². The third kappa shape index (κ3) is 4.14. The summed E-state index contributed by atoms with van der Waals surface area (Å²) in [6.07, 6.45) is 0. The van der Waals surface area contributed by atoms with Crippen LogP contribution in [-0.4, -0.2) is 18.1 Å². The van der Waals surface area contributed by atoms with Crippen molar-refractivity contribution in [3.05, 3.63) is 71.4 Å². The number of rotatable bonds is 5. The molecule has 5 heteroatoms. The molecule has 0 atom stereocenters. The molecule has 0 saturated carbocycles. The summed E-state index contributed by atoms with van der Waals surface area (Å²) in [5, 5.41) is 6.75. The Balaban J connectivity index is 1.72. The van der Waals surface area contributed by atoms with Gasteiger partial charge in [-0.1, -0.05) is 42.5 Å². The van der Waals surface area contributed by atoms with E-state index >= 15 is 0 Å². The summed E-state index contributed by atoms with van der Waals surface area (Å²) < 4.78 is 5.20. The van der Waals surface area contributed by atoms with E-state index in [1.807, 2.05) is 61.5 Å². The van der Waals surface area contributed by atoms with Crippen LogP contribution >= 0.6 is 0 Å². The van der Waals surface area contributed by atoms with Crippen LogP contribution in [0.2, 0.25) is 0 Å². The smallest absolute Gasteiger partial charge is 0.319 e. The Labute approximate surface area is 147 Å². The van der Waals surface area contributed by atoms with Gasteiger partial charge in [-0.3, -0.25) is 4.98 Å². The van der Waals surface area contributed by atoms with Crippen LogP contribution in [0.5, 0.6) is 0 Å². The van der Waals surface area contributed by atoms with Crippen LogP contribution in [-0.2, 0) is 17.9 Å². The molecule has 0 aliphatic heterocycles. The lowest BCUT2D eigenvalue weighted by atomic mass is 10.1. The Hall–Kier alpha value is -2.92. The summed E-state index contributed by atoms with van der Waals surface area (Å²) in [6.45, 7) is 2.87. The fraction of sp³-hybridized carbons (Fsp3) is 0.200. The van der Waals surface area contributed by atoms with E-state index in [0.29, 0.717) is 13.2 Å². The molecule has 0 saturated heterocycles. The second-order valence-electron chi connectivity index (χ2n) is 5.84. The van der Waals surface area contributed by atoms with Crippen molar-refractivity contribution in [1.82, 2.24) is 10.3 Å². The minimum absolute atomic E-state index is 0.247. The molecular formula is C20H21N3O2. The number of hydrogen-bond donors (Lipinski definition) is 2. The van der Waals surface area contributed by atoms with Gasteiger partial charge in [-0.2, -0.15) is 0 Å². The molecule has 2 N–H and O–H groups in total. The number of carbonyl (C=O) groups is 1. The van der Waals surface area contributed by atoms with E-state index in [4.69, 9.17) is 4.74 Å². The first-order valence-corrected chi connectivity index (χ1v) is 8.14. The topological polar surface area (TPSA) is 63.2 Å². The zero-order chi connectivity index (χ0) is 17.6. The van der Waals surface area contributed by atoms with Gasteiger partial charge in [-0.25, -0.2) is 4.79 Å². The molecule has 0 bridgehead atoms. The molecule has 1 heterocycles. The predicted molar refractivity (Wildman–Crippen MR) is 99.5 cm³/mol. The Morgan fingerprint density at radius 2 is 1.80 bits per heavy atom. The number of pyridine rings is 1. The molecule has 128 valence electrons. The Bertz CT molecular complexity index is 893. The van der Waals surface area contributed by atoms with Gasteiger partial charge in [0.25, 0.3) is 0 Å². The van der Waals surface area contributed by atoms with Crippen LogP contribution in [0, 0.1) is 6.92 Å². The maximum absolute atomic E-state index is 12.3. The first-order chi connectivity index (χ1) is 12.2. The summed E-state index contributed by atoms with van der Waals surface area (Å²) >= 11 is 0. The first-order valence-electron chi connectivity index (χ1n) is 8.14. The van der Waals surface area contributed by atoms with E-state index < -0.39 is 0 Å². The molecule has 1 aromatic heterocycles. The molecule has 0 fully saturated rings. The fourth-order valence-electron chi connectivity index (χ4n) is 2.78. The predicted octanol–water partition coefficient (Wildman–Crippen LogP) is 4.01. The van der Waals surface area contributed by atoms with Gasteiger partial charge in [0, 0.05) is 24.7 Å². The van der Waals surface area contributed by atoms with Gasteiger partial charge in [0.05, 0.1) is 17.8 Å². The molecule has 0 unspecified atom stereocenters. The number of anilines is 1. The van der Waals surface area contributed by atoms with Crippen LogP contribution in [0.1, 0.15) is 16.8 Å². The van der Waals surface area contributed by atoms with Crippen molar-refractivity contribution >= 4 is 22.6 Å². The van der Waals surface area contributed by atoms with Crippen molar-refractivity contribution in [1.29, 1.82) is 0 Å². The number of amides is 2. The number of nitrogens with zero attached hydrogens (tertiary/aromatic N) is 1. The van der Waals surface area contributed by atoms with Crippen molar-refractivity contribution in [2.45, 2.75) is 20.1 Å². The van der Waals surface area contributed by atoms with Crippen molar-refractivity contribution in [2.75, 3.05) is 12.4 Å². The van der Waals surface area contributed by atoms with E-state index in [0.717, 1.165) is 33.4 Å². The molecule has 3 rings (SSSR count). The van der Waals surface area contributed by atoms with Crippen molar-refractivity contribution in [3.8, 4) is 0 Å². The van der Waals surface area contributed by atoms with Gasteiger partial charge in [-0.15, -0.1) is 0 Å². The summed E-state index contributed by atoms with van der Waals surface area (Å²) in [5.74, 6) is 0. The highest BCUT2D eigenvalue weighted by molar-refractivity contribution is 6.00. The fourth-order valence-corrected chi connectivity index (χ4v) is 2.78. The first kappa shape index (κ1) is 16.9. The molecule has 0 aliphatic carbocycles. The van der Waals surface area contributed by atoms with Gasteiger partial charge >= 0.3 is 6.03 Å². The lowest BCUT2D eigenvalue weighted by molar-refractivity contribution is 0.184. The number of fused-ring (bicyclic) bond motifs is 1. The normalized spacial score (nSPS) is 10.6. The molecule has 0 spiro atoms. The van der Waals surface area contributed by atoms with Crippen LogP contribution in [0.3, 0.4) is 0 Å². The molecule has 25 heavy (non-hydrogen) atoms. The van der Waals surface area contributed by atoms with Crippen molar-refractivity contribution < 1.29 is 9.53 Å². The van der Waals surface area contributed by atoms with Crippen LogP contribution < -0.4 is 10.6 Å². The zero-order valence-electron chi connectivity index (χ0n) is 14.4. The minimum Gasteiger partial charge on any atom is -0.380 e. The molecule has 5 nitrogen and oxygen atoms in total. The van der Waals surface area contributed by atoms with Crippen LogP contribution in [0.25, 0.3) is 10.9 Å². The average Bonchev–Trinajstić information content (AvgIpc) is 2.61. The number of urea groups is 1. The van der Waals surface area contributed by atoms with Gasteiger partial charge < -0.3 is 15.4 Å². The lowest BCUT2D eigenvalue weighted by Gasteiger charge is -2.12. The zero-order valence-corrected chi connectivity index (χ0v) is 14.4. The summed E-state index contributed by atoms with van der Waals surface area (Å²) in [6, 6.07) is 17.3. The van der Waals surface area contributed by atoms with Gasteiger partial charge in [0.15, 0.2) is 0 Å². The molecule has 2 aromatic carbocycles. The number of ether oxygens (including phenoxy) is 1. The molecule has 0 aliphatic rings. The largest absolute Gasteiger partial charge is 0.380 e. The standard InChI is InChI=1S/C20H21N3O2/c1-14-11-19(17-9-5-6-10-18(17)22-14)23-20(24)21-12-15-7-3-4-8-16(15)13-25-2/h3-11H,12-13H2,1-2H3,(H2,21,22,23,24). The highest BCUT2D eigenvalue weighted by atomic mass is 16.5. The minimum atomic E-state index is -0.247. The number of aryl methyl sites for hydroxylation is 1. The van der Waals surface area contributed by atoms with E-state index in [-0.39, 0.29) is 6.03 Å². The molecule has 0 radical (unpaired) electrons. The number of para-hydroxylation sites is 1. The van der Waals surface area contributed by atoms with Crippen molar-refractivity contribution in [2.24, 2.45) is 0 Å². The number of methoxy groups -OCH3 is 1. The second kappa shape index (κ2) is 7.77. The second-order valence-corrected chi connectivity index (χ2v) is 5.84. The molecule has 3 aromatic rings. The number of aromatic nitrogens is 1. The number of benzene rings is 2. The third-order valence-corrected chi connectivity index (χ3v) is 3.95. The Morgan fingerprint density at radius 3 is 2.60 bits per heavy atom. The van der Waals surface area contributed by atoms with Crippen LogP contribution in [0.15, 0.2) is 54.6 Å². The quantitative estimate of drug-likeness (QED) is 0.740. The number of carbonyl (C=O) groups excluding carboxylic acids is 1. The molecular weight excluding hydrogens is 314 g/mol. The van der Waals surface area contributed by atoms with Gasteiger partial charge in [0.1, 0.15) is 0 Å². The Kier molecular flexibility index (Phi) is 5.26. The Morgan fingerprint density at radius 1 is 1.08 bits per heavy atom. The highest BCUT2D eigenvalue weighted by Crippen LogP contribution is 2.22. The number of hydrogen-bond acceptors (Lipinski definition) is 3. The van der Waals surface area contributed by atoms with E-state index in [9.17, 15) is 4.79 Å². The van der Waals surface area contributed by atoms with Crippen molar-refractivity contribution in [3.63, 3.8) is 0 Å². The van der Waals surface area contributed by atoms with Crippen LogP contribution in [0.4, 0.5) is 10.5 Å². The van der Waals surface area contributed by atoms with E-state index in [2.05, 4.69) is 15.6 Å². The monoisotopic (exact) mass is 335 g/mol. The maximum Gasteiger partial charge on any atom is 0.319 e. The summed E-state index contributed by atoms with van der Waals surface area (Å²) in [4.78, 5) is 16.8. The number of nitrogens with one attached hydrogen (secondary N) is 2. The summed E-state index contributed by atoms with van der Waals surface area (Å²) in [5.41, 5.74) is 4.58. The SMILES string of the molecule is COCc1ccccc1CNC(=O)Nc1cc(C)nc2ccccc12. The highest BCUT2D eigenvalue weighted by Gasteiger charge is 2.08. The van der Waals surface area contributed by atoms with E-state index in [1.165, 1.54) is 0 Å². The lowest BCUT2D eigenvalue weighted by Crippen LogP contribution is -2.28. The van der Waals surface area contributed by atoms with Gasteiger partial charge in [-0.05, 0) is 30.2 Å². The average molecular weight is 335 g/mol.